The van der Waals surface area contributed by atoms with Crippen molar-refractivity contribution in [1.29, 1.82) is 0 Å². The van der Waals surface area contributed by atoms with E-state index in [1.165, 1.54) is 33.5 Å². The van der Waals surface area contributed by atoms with Crippen LogP contribution in [-0.4, -0.2) is 17.6 Å². The molecule has 5 aromatic rings. The van der Waals surface area contributed by atoms with Gasteiger partial charge < -0.3 is 14.6 Å². The van der Waals surface area contributed by atoms with Crippen molar-refractivity contribution in [2.45, 2.75) is 40.3 Å². The lowest BCUT2D eigenvalue weighted by Gasteiger charge is -2.17. The van der Waals surface area contributed by atoms with Crippen LogP contribution in [0.2, 0.25) is 0 Å². The van der Waals surface area contributed by atoms with Gasteiger partial charge in [-0.1, -0.05) is 66.7 Å². The number of amides is 1. The van der Waals surface area contributed by atoms with Gasteiger partial charge in [0, 0.05) is 34.3 Å². The maximum Gasteiger partial charge on any atom is 0.251 e. The number of nitrogens with one attached hydrogen (secondary N) is 1. The molecular formula is C34H34N2O2. The number of hydrogen-bond donors (Lipinski definition) is 1. The predicted octanol–water partition coefficient (Wildman–Crippen LogP) is 7.78. The number of carbonyl (C=O) groups is 1. The minimum absolute atomic E-state index is 0.0955. The van der Waals surface area contributed by atoms with E-state index in [4.69, 9.17) is 4.74 Å². The van der Waals surface area contributed by atoms with Crippen molar-refractivity contribution >= 4 is 16.8 Å². The molecule has 0 radical (unpaired) electrons. The van der Waals surface area contributed by atoms with Gasteiger partial charge in [0.2, 0.25) is 0 Å². The molecule has 1 aromatic heterocycles. The average molecular weight is 503 g/mol. The Morgan fingerprint density at radius 2 is 1.61 bits per heavy atom. The van der Waals surface area contributed by atoms with Gasteiger partial charge >= 0.3 is 0 Å². The number of carbonyl (C=O) groups excluding carboxylic acids is 1. The zero-order valence-electron chi connectivity index (χ0n) is 22.7. The Kier molecular flexibility index (Phi) is 7.06. The van der Waals surface area contributed by atoms with Crippen LogP contribution in [0.25, 0.3) is 22.0 Å². The Labute approximate surface area is 224 Å². The maximum atomic E-state index is 13.2. The molecule has 38 heavy (non-hydrogen) atoms. The van der Waals surface area contributed by atoms with Crippen LogP contribution in [0, 0.1) is 20.8 Å². The summed E-state index contributed by atoms with van der Waals surface area (Å²) in [6, 6.07) is 30.9. The number of para-hydroxylation sites is 1. The summed E-state index contributed by atoms with van der Waals surface area (Å²) in [5.41, 5.74) is 10.2. The summed E-state index contributed by atoms with van der Waals surface area (Å²) in [5, 5.41) is 4.24. The predicted molar refractivity (Wildman–Crippen MR) is 156 cm³/mol. The average Bonchev–Trinajstić information content (AvgIpc) is 3.18. The van der Waals surface area contributed by atoms with Gasteiger partial charge in [-0.25, -0.2) is 0 Å². The monoisotopic (exact) mass is 502 g/mol. The Morgan fingerprint density at radius 3 is 2.34 bits per heavy atom. The molecule has 0 aliphatic rings. The van der Waals surface area contributed by atoms with E-state index in [2.05, 4.69) is 85.3 Å². The second-order valence-corrected chi connectivity index (χ2v) is 9.98. The molecule has 5 rings (SSSR count). The molecule has 0 fully saturated rings. The van der Waals surface area contributed by atoms with Gasteiger partial charge in [0.15, 0.2) is 0 Å². The first-order valence-electron chi connectivity index (χ1n) is 13.1. The number of nitrogens with zero attached hydrogens (tertiary/aromatic N) is 1. The Balaban J connectivity index is 1.38. The van der Waals surface area contributed by atoms with Crippen molar-refractivity contribution in [1.82, 2.24) is 9.88 Å². The molecule has 0 saturated carbocycles. The quantitative estimate of drug-likeness (QED) is 0.247. The first-order chi connectivity index (χ1) is 18.4. The minimum Gasteiger partial charge on any atom is -0.496 e. The highest BCUT2D eigenvalue weighted by Crippen LogP contribution is 2.29. The van der Waals surface area contributed by atoms with Gasteiger partial charge in [-0.15, -0.1) is 0 Å². The fourth-order valence-electron chi connectivity index (χ4n) is 5.25. The molecular weight excluding hydrogens is 468 g/mol. The van der Waals surface area contributed by atoms with Crippen LogP contribution >= 0.6 is 0 Å². The van der Waals surface area contributed by atoms with Crippen molar-refractivity contribution < 1.29 is 9.53 Å². The van der Waals surface area contributed by atoms with Crippen LogP contribution in [-0.2, 0) is 6.54 Å². The number of aryl methyl sites for hydroxylation is 2. The Morgan fingerprint density at radius 1 is 0.895 bits per heavy atom. The first-order valence-corrected chi connectivity index (χ1v) is 13.1. The number of ether oxygens (including phenoxy) is 1. The molecule has 1 heterocycles. The lowest BCUT2D eigenvalue weighted by Crippen LogP contribution is -2.26. The van der Waals surface area contributed by atoms with E-state index < -0.39 is 0 Å². The van der Waals surface area contributed by atoms with E-state index in [1.54, 1.807) is 7.11 Å². The third-order valence-electron chi connectivity index (χ3n) is 7.60. The summed E-state index contributed by atoms with van der Waals surface area (Å²) >= 11 is 0. The fourth-order valence-corrected chi connectivity index (χ4v) is 5.25. The molecule has 0 spiro atoms. The number of benzene rings is 4. The van der Waals surface area contributed by atoms with Gasteiger partial charge in [-0.3, -0.25) is 4.79 Å². The second-order valence-electron chi connectivity index (χ2n) is 9.98. The SMILES string of the molecule is COc1ccccc1C(C)NC(=O)c1ccc2c(c1)c(C)c(C)n2Cc1ccc(-c2ccccc2C)cc1. The molecule has 1 amide bonds. The molecule has 1 N–H and O–H groups in total. The van der Waals surface area contributed by atoms with Crippen molar-refractivity contribution in [3.63, 3.8) is 0 Å². The van der Waals surface area contributed by atoms with E-state index >= 15 is 0 Å². The number of methoxy groups -OCH3 is 1. The number of aromatic nitrogens is 1. The molecule has 4 heteroatoms. The molecule has 0 saturated heterocycles. The molecule has 4 nitrogen and oxygen atoms in total. The van der Waals surface area contributed by atoms with Crippen LogP contribution in [0.1, 0.15) is 51.3 Å². The zero-order valence-corrected chi connectivity index (χ0v) is 22.7. The smallest absolute Gasteiger partial charge is 0.251 e. The van der Waals surface area contributed by atoms with Gasteiger partial charge in [-0.2, -0.15) is 0 Å². The highest BCUT2D eigenvalue weighted by atomic mass is 16.5. The van der Waals surface area contributed by atoms with Gasteiger partial charge in [0.05, 0.1) is 13.2 Å². The lowest BCUT2D eigenvalue weighted by atomic mass is 9.99. The summed E-state index contributed by atoms with van der Waals surface area (Å²) in [4.78, 5) is 13.2. The molecule has 0 aliphatic heterocycles. The van der Waals surface area contributed by atoms with Gasteiger partial charge in [0.1, 0.15) is 5.75 Å². The van der Waals surface area contributed by atoms with E-state index in [0.29, 0.717) is 5.56 Å². The van der Waals surface area contributed by atoms with Crippen molar-refractivity contribution in [3.05, 3.63) is 125 Å². The summed E-state index contributed by atoms with van der Waals surface area (Å²) in [6.07, 6.45) is 0. The maximum absolute atomic E-state index is 13.2. The van der Waals surface area contributed by atoms with Crippen LogP contribution in [0.3, 0.4) is 0 Å². The third kappa shape index (κ3) is 4.82. The Hall–Kier alpha value is -4.31. The molecule has 192 valence electrons. The van der Waals surface area contributed by atoms with E-state index in [1.807, 2.05) is 43.3 Å². The van der Waals surface area contributed by atoms with Crippen LogP contribution in [0.4, 0.5) is 0 Å². The van der Waals surface area contributed by atoms with Gasteiger partial charge in [0.25, 0.3) is 5.91 Å². The third-order valence-corrected chi connectivity index (χ3v) is 7.60. The zero-order chi connectivity index (χ0) is 26.8. The van der Waals surface area contributed by atoms with Gasteiger partial charge in [-0.05, 0) is 79.8 Å². The highest BCUT2D eigenvalue weighted by Gasteiger charge is 2.18. The molecule has 1 unspecified atom stereocenters. The van der Waals surface area contributed by atoms with E-state index in [9.17, 15) is 4.79 Å². The molecule has 4 aromatic carbocycles. The van der Waals surface area contributed by atoms with Crippen LogP contribution in [0.5, 0.6) is 5.75 Å². The van der Waals surface area contributed by atoms with Crippen LogP contribution in [0.15, 0.2) is 91.0 Å². The van der Waals surface area contributed by atoms with Crippen molar-refractivity contribution in [2.75, 3.05) is 7.11 Å². The second kappa shape index (κ2) is 10.6. The van der Waals surface area contributed by atoms with E-state index in [0.717, 1.165) is 28.8 Å². The lowest BCUT2D eigenvalue weighted by molar-refractivity contribution is 0.0939. The summed E-state index contributed by atoms with van der Waals surface area (Å²) in [6.45, 7) is 9.19. The molecule has 1 atom stereocenters. The Bertz CT molecular complexity index is 1610. The fraction of sp³-hybridized carbons (Fsp3) is 0.206. The summed E-state index contributed by atoms with van der Waals surface area (Å²) in [7, 11) is 1.65. The van der Waals surface area contributed by atoms with Crippen molar-refractivity contribution in [3.8, 4) is 16.9 Å². The standard InChI is InChI=1S/C34H34N2O2/c1-22-10-6-7-11-29(22)27-16-14-26(15-17-27)21-36-25(4)23(2)31-20-28(18-19-32(31)36)34(37)35-24(3)30-12-8-9-13-33(30)38-5/h6-20,24H,21H2,1-5H3,(H,35,37). The number of fused-ring (bicyclic) bond motifs is 1. The minimum atomic E-state index is -0.176. The van der Waals surface area contributed by atoms with Crippen molar-refractivity contribution in [2.24, 2.45) is 0 Å². The normalized spacial score (nSPS) is 11.9. The number of hydrogen-bond acceptors (Lipinski definition) is 2. The molecule has 0 aliphatic carbocycles. The van der Waals surface area contributed by atoms with E-state index in [-0.39, 0.29) is 11.9 Å². The number of rotatable bonds is 7. The topological polar surface area (TPSA) is 43.3 Å². The summed E-state index contributed by atoms with van der Waals surface area (Å²) in [5.74, 6) is 0.674. The highest BCUT2D eigenvalue weighted by molar-refractivity contribution is 5.99. The first kappa shape index (κ1) is 25.3. The molecule has 0 bridgehead atoms. The van der Waals surface area contributed by atoms with Crippen LogP contribution < -0.4 is 10.1 Å². The summed E-state index contributed by atoms with van der Waals surface area (Å²) < 4.78 is 7.81. The largest absolute Gasteiger partial charge is 0.496 e.